The molecule has 1 heterocycles. The van der Waals surface area contributed by atoms with E-state index in [2.05, 4.69) is 8.92 Å². The Morgan fingerprint density at radius 1 is 1.24 bits per heavy atom. The van der Waals surface area contributed by atoms with E-state index in [1.807, 2.05) is 0 Å². The fourth-order valence-corrected chi connectivity index (χ4v) is 2.91. The molecule has 1 atom stereocenters. The number of rotatable bonds is 4. The first-order valence-corrected chi connectivity index (χ1v) is 8.36. The fraction of sp³-hybridized carbons (Fsp3) is 0.692. The van der Waals surface area contributed by atoms with Gasteiger partial charge in [0, 0.05) is 18.5 Å². The molecule has 0 saturated heterocycles. The van der Waals surface area contributed by atoms with Gasteiger partial charge in [-0.1, -0.05) is 0 Å². The quantitative estimate of drug-likeness (QED) is 0.434. The largest absolute Gasteiger partial charge is 0.534 e. The van der Waals surface area contributed by atoms with Crippen LogP contribution >= 0.6 is 0 Å². The van der Waals surface area contributed by atoms with Crippen LogP contribution in [-0.4, -0.2) is 61.1 Å². The molecule has 1 unspecified atom stereocenters. The van der Waals surface area contributed by atoms with E-state index in [0.717, 1.165) is 7.11 Å². The zero-order valence-corrected chi connectivity index (χ0v) is 14.7. The highest BCUT2D eigenvalue weighted by molar-refractivity contribution is 7.87. The standard InChI is InChI=1S/C13H18F3NO7S/c1-12(2,3)17-6-5-7(24-25(21,22)13(14,15)16)8(11(20)23-4)9(17)10(18)19/h9H,5-6H2,1-4H3,(H,18,19). The molecule has 0 radical (unpaired) electrons. The number of carbonyl (C=O) groups excluding carboxylic acids is 1. The molecular weight excluding hydrogens is 371 g/mol. The Balaban J connectivity index is 3.54. The van der Waals surface area contributed by atoms with Crippen LogP contribution in [0.15, 0.2) is 11.3 Å². The summed E-state index contributed by atoms with van der Waals surface area (Å²) in [4.78, 5) is 24.9. The molecular formula is C13H18F3NO7S. The second-order valence-corrected chi connectivity index (χ2v) is 7.70. The summed E-state index contributed by atoms with van der Waals surface area (Å²) in [6.45, 7) is 4.77. The molecule has 0 amide bonds. The van der Waals surface area contributed by atoms with Gasteiger partial charge in [0.05, 0.1) is 7.11 Å². The number of halogens is 3. The second kappa shape index (κ2) is 6.83. The average Bonchev–Trinajstić information content (AvgIpc) is 2.42. The summed E-state index contributed by atoms with van der Waals surface area (Å²) in [7, 11) is -5.16. The normalized spacial score (nSPS) is 20.4. The highest BCUT2D eigenvalue weighted by Crippen LogP contribution is 2.35. The van der Waals surface area contributed by atoms with Gasteiger partial charge in [-0.15, -0.1) is 0 Å². The first-order valence-electron chi connectivity index (χ1n) is 6.95. The monoisotopic (exact) mass is 389 g/mol. The zero-order valence-electron chi connectivity index (χ0n) is 13.9. The Morgan fingerprint density at radius 2 is 1.76 bits per heavy atom. The average molecular weight is 389 g/mol. The maximum absolute atomic E-state index is 12.5. The minimum atomic E-state index is -6.05. The van der Waals surface area contributed by atoms with Gasteiger partial charge in [-0.2, -0.15) is 21.6 Å². The third kappa shape index (κ3) is 4.42. The Labute approximate surface area is 142 Å². The zero-order chi connectivity index (χ0) is 19.8. The molecule has 0 aromatic rings. The van der Waals surface area contributed by atoms with E-state index in [-0.39, 0.29) is 6.54 Å². The van der Waals surface area contributed by atoms with Crippen LogP contribution in [0, 0.1) is 0 Å². The predicted molar refractivity (Wildman–Crippen MR) is 77.6 cm³/mol. The molecule has 12 heteroatoms. The maximum Gasteiger partial charge on any atom is 0.534 e. The predicted octanol–water partition coefficient (Wildman–Crippen LogP) is 1.24. The lowest BCUT2D eigenvalue weighted by atomic mass is 9.92. The van der Waals surface area contributed by atoms with Gasteiger partial charge in [0.25, 0.3) is 0 Å². The van der Waals surface area contributed by atoms with Crippen molar-refractivity contribution in [2.75, 3.05) is 13.7 Å². The topological polar surface area (TPSA) is 110 Å². The highest BCUT2D eigenvalue weighted by atomic mass is 32.2. The van der Waals surface area contributed by atoms with E-state index in [0.29, 0.717) is 0 Å². The summed E-state index contributed by atoms with van der Waals surface area (Å²) in [6, 6.07) is -1.72. The summed E-state index contributed by atoms with van der Waals surface area (Å²) in [5.74, 6) is -3.73. The number of hydrogen-bond donors (Lipinski definition) is 1. The lowest BCUT2D eigenvalue weighted by molar-refractivity contribution is -0.149. The minimum absolute atomic E-state index is 0.135. The van der Waals surface area contributed by atoms with Crippen molar-refractivity contribution in [2.24, 2.45) is 0 Å². The van der Waals surface area contributed by atoms with Crippen LogP contribution in [0.3, 0.4) is 0 Å². The lowest BCUT2D eigenvalue weighted by Gasteiger charge is -2.43. The fourth-order valence-electron chi connectivity index (χ4n) is 2.38. The summed E-state index contributed by atoms with van der Waals surface area (Å²) >= 11 is 0. The number of aliphatic carboxylic acids is 1. The van der Waals surface area contributed by atoms with Gasteiger partial charge < -0.3 is 14.0 Å². The van der Waals surface area contributed by atoms with E-state index in [9.17, 15) is 36.3 Å². The number of ether oxygens (including phenoxy) is 1. The number of carbonyl (C=O) groups is 2. The van der Waals surface area contributed by atoms with E-state index in [4.69, 9.17) is 0 Å². The third-order valence-electron chi connectivity index (χ3n) is 3.46. The molecule has 1 N–H and O–H groups in total. The van der Waals surface area contributed by atoms with Crippen molar-refractivity contribution < 1.29 is 45.2 Å². The molecule has 0 aromatic carbocycles. The van der Waals surface area contributed by atoms with Gasteiger partial charge in [0.15, 0.2) is 0 Å². The third-order valence-corrected chi connectivity index (χ3v) is 4.45. The van der Waals surface area contributed by atoms with E-state index >= 15 is 0 Å². The molecule has 0 aliphatic carbocycles. The molecule has 0 aromatic heterocycles. The number of hydrogen-bond acceptors (Lipinski definition) is 7. The number of carboxylic acids is 1. The highest BCUT2D eigenvalue weighted by Gasteiger charge is 2.51. The number of methoxy groups -OCH3 is 1. The van der Waals surface area contributed by atoms with Crippen LogP contribution in [0.25, 0.3) is 0 Å². The summed E-state index contributed by atoms with van der Waals surface area (Å²) < 4.78 is 68.6. The van der Waals surface area contributed by atoms with E-state index in [1.54, 1.807) is 20.8 Å². The smallest absolute Gasteiger partial charge is 0.480 e. The van der Waals surface area contributed by atoms with Crippen molar-refractivity contribution in [3.05, 3.63) is 11.3 Å². The van der Waals surface area contributed by atoms with Crippen molar-refractivity contribution in [1.82, 2.24) is 4.90 Å². The van der Waals surface area contributed by atoms with Crippen LogP contribution in [0.1, 0.15) is 27.2 Å². The Bertz CT molecular complexity index is 691. The second-order valence-electron chi connectivity index (χ2n) is 6.17. The first-order chi connectivity index (χ1) is 11.1. The van der Waals surface area contributed by atoms with Gasteiger partial charge >= 0.3 is 27.6 Å². The molecule has 144 valence electrons. The minimum Gasteiger partial charge on any atom is -0.480 e. The number of esters is 1. The van der Waals surface area contributed by atoms with Crippen LogP contribution in [0.5, 0.6) is 0 Å². The van der Waals surface area contributed by atoms with Gasteiger partial charge in [0.1, 0.15) is 17.4 Å². The molecule has 1 aliphatic rings. The first kappa shape index (κ1) is 21.2. The molecule has 0 spiro atoms. The summed E-state index contributed by atoms with van der Waals surface area (Å²) in [6.07, 6.45) is -0.416. The maximum atomic E-state index is 12.5. The molecule has 0 fully saturated rings. The van der Waals surface area contributed by atoms with Crippen molar-refractivity contribution in [3.8, 4) is 0 Å². The Morgan fingerprint density at radius 3 is 2.12 bits per heavy atom. The van der Waals surface area contributed by atoms with Gasteiger partial charge in [-0.25, -0.2) is 4.79 Å². The Kier molecular flexibility index (Phi) is 5.79. The molecule has 1 aliphatic heterocycles. The van der Waals surface area contributed by atoms with Crippen molar-refractivity contribution >= 4 is 22.1 Å². The SMILES string of the molecule is COC(=O)C1=C(OS(=O)(=O)C(F)(F)F)CCN(C(C)(C)C)C1C(=O)O. The number of alkyl halides is 3. The van der Waals surface area contributed by atoms with Crippen molar-refractivity contribution in [1.29, 1.82) is 0 Å². The lowest BCUT2D eigenvalue weighted by Crippen LogP contribution is -2.56. The van der Waals surface area contributed by atoms with Gasteiger partial charge in [-0.05, 0) is 20.8 Å². The molecule has 0 bridgehead atoms. The van der Waals surface area contributed by atoms with Crippen LogP contribution in [-0.2, 0) is 28.6 Å². The van der Waals surface area contributed by atoms with E-state index in [1.165, 1.54) is 4.90 Å². The van der Waals surface area contributed by atoms with Crippen molar-refractivity contribution in [3.63, 3.8) is 0 Å². The van der Waals surface area contributed by atoms with Gasteiger partial charge in [-0.3, -0.25) is 9.69 Å². The molecule has 0 saturated carbocycles. The van der Waals surface area contributed by atoms with Crippen LogP contribution < -0.4 is 0 Å². The van der Waals surface area contributed by atoms with Crippen LogP contribution in [0.4, 0.5) is 13.2 Å². The molecule has 8 nitrogen and oxygen atoms in total. The number of nitrogens with zero attached hydrogens (tertiary/aromatic N) is 1. The van der Waals surface area contributed by atoms with Gasteiger partial charge in [0.2, 0.25) is 0 Å². The summed E-state index contributed by atoms with van der Waals surface area (Å²) in [5.41, 5.74) is -7.29. The number of carboxylic acid groups (broad SMARTS) is 1. The Hall–Kier alpha value is -1.82. The van der Waals surface area contributed by atoms with Crippen molar-refractivity contribution in [2.45, 2.75) is 44.3 Å². The molecule has 25 heavy (non-hydrogen) atoms. The molecule has 1 rings (SSSR count). The van der Waals surface area contributed by atoms with Crippen LogP contribution in [0.2, 0.25) is 0 Å². The van der Waals surface area contributed by atoms with E-state index < -0.39 is 56.9 Å². The summed E-state index contributed by atoms with van der Waals surface area (Å²) in [5, 5.41) is 9.45.